The molecule has 0 unspecified atom stereocenters. The number of sulfonamides is 1. The Morgan fingerprint density at radius 1 is 1.04 bits per heavy atom. The van der Waals surface area contributed by atoms with Gasteiger partial charge in [0.05, 0.1) is 24.8 Å². The van der Waals surface area contributed by atoms with Gasteiger partial charge >= 0.3 is 0 Å². The minimum absolute atomic E-state index is 0.0640. The molecule has 7 nitrogen and oxygen atoms in total. The highest BCUT2D eigenvalue weighted by molar-refractivity contribution is 7.92. The molecule has 0 saturated carbocycles. The lowest BCUT2D eigenvalue weighted by Gasteiger charge is -2.24. The first kappa shape index (κ1) is 18.6. The Kier molecular flexibility index (Phi) is 5.53. The lowest BCUT2D eigenvalue weighted by atomic mass is 10.2. The molecule has 0 spiro atoms. The molecule has 0 radical (unpaired) electrons. The number of carbonyl (C=O) groups excluding carboxylic acids is 1. The zero-order chi connectivity index (χ0) is 18.6. The third-order valence-corrected chi connectivity index (χ3v) is 5.35. The first-order valence-corrected chi connectivity index (χ1v) is 8.83. The van der Waals surface area contributed by atoms with E-state index in [2.05, 4.69) is 0 Å². The van der Waals surface area contributed by atoms with Gasteiger partial charge in [-0.05, 0) is 31.2 Å². The maximum absolute atomic E-state index is 13.0. The number of anilines is 1. The van der Waals surface area contributed by atoms with Crippen LogP contribution in [0.4, 0.5) is 5.69 Å². The highest BCUT2D eigenvalue weighted by atomic mass is 32.2. The topological polar surface area (TPSA) is 98.9 Å². The molecule has 134 valence electrons. The summed E-state index contributed by atoms with van der Waals surface area (Å²) in [6, 6.07) is 10.9. The Labute approximate surface area is 147 Å². The van der Waals surface area contributed by atoms with Crippen LogP contribution < -0.4 is 19.5 Å². The van der Waals surface area contributed by atoms with E-state index in [-0.39, 0.29) is 10.6 Å². The molecular weight excluding hydrogens is 344 g/mol. The molecule has 0 fully saturated rings. The van der Waals surface area contributed by atoms with Crippen LogP contribution in [0.25, 0.3) is 0 Å². The van der Waals surface area contributed by atoms with Crippen molar-refractivity contribution in [3.63, 3.8) is 0 Å². The van der Waals surface area contributed by atoms with Gasteiger partial charge in [-0.2, -0.15) is 0 Å². The summed E-state index contributed by atoms with van der Waals surface area (Å²) in [6.07, 6.45) is 0. The van der Waals surface area contributed by atoms with Gasteiger partial charge in [-0.15, -0.1) is 0 Å². The predicted molar refractivity (Wildman–Crippen MR) is 94.5 cm³/mol. The lowest BCUT2D eigenvalue weighted by Crippen LogP contribution is -2.38. The summed E-state index contributed by atoms with van der Waals surface area (Å²) in [6.45, 7) is 1.36. The number of methoxy groups -OCH3 is 2. The average molecular weight is 364 g/mol. The Morgan fingerprint density at radius 2 is 1.64 bits per heavy atom. The number of primary amides is 1. The largest absolute Gasteiger partial charge is 0.493 e. The molecule has 0 atom stereocenters. The summed E-state index contributed by atoms with van der Waals surface area (Å²) < 4.78 is 37.3. The molecule has 0 aliphatic heterocycles. The third kappa shape index (κ3) is 4.03. The van der Waals surface area contributed by atoms with Crippen molar-refractivity contribution in [3.05, 3.63) is 48.0 Å². The molecule has 2 aromatic carbocycles. The number of nitrogens with two attached hydrogens (primary N) is 1. The van der Waals surface area contributed by atoms with Crippen LogP contribution in [0, 0.1) is 6.92 Å². The number of rotatable bonds is 7. The van der Waals surface area contributed by atoms with Crippen molar-refractivity contribution in [1.29, 1.82) is 0 Å². The van der Waals surface area contributed by atoms with Crippen molar-refractivity contribution in [3.8, 4) is 11.5 Å². The number of ether oxygens (including phenoxy) is 2. The molecule has 0 aliphatic rings. The highest BCUT2D eigenvalue weighted by Gasteiger charge is 2.27. The molecule has 2 rings (SSSR count). The molecule has 0 bridgehead atoms. The molecule has 2 N–H and O–H groups in total. The van der Waals surface area contributed by atoms with Gasteiger partial charge in [-0.1, -0.05) is 17.7 Å². The normalized spacial score (nSPS) is 11.0. The molecular formula is C17H20N2O5S. The fourth-order valence-electron chi connectivity index (χ4n) is 2.27. The second-order valence-corrected chi connectivity index (χ2v) is 7.19. The minimum atomic E-state index is -3.97. The summed E-state index contributed by atoms with van der Waals surface area (Å²) in [5.74, 6) is 0.0112. The van der Waals surface area contributed by atoms with Crippen LogP contribution in [-0.2, 0) is 14.8 Å². The maximum atomic E-state index is 13.0. The van der Waals surface area contributed by atoms with E-state index in [4.69, 9.17) is 15.2 Å². The maximum Gasteiger partial charge on any atom is 0.264 e. The van der Waals surface area contributed by atoms with E-state index in [0.29, 0.717) is 11.5 Å². The first-order valence-electron chi connectivity index (χ1n) is 7.39. The van der Waals surface area contributed by atoms with Crippen molar-refractivity contribution < 1.29 is 22.7 Å². The first-order chi connectivity index (χ1) is 11.8. The smallest absolute Gasteiger partial charge is 0.264 e. The van der Waals surface area contributed by atoms with Crippen molar-refractivity contribution >= 4 is 21.6 Å². The third-order valence-electron chi connectivity index (χ3n) is 3.56. The van der Waals surface area contributed by atoms with Gasteiger partial charge in [0.2, 0.25) is 5.91 Å². The van der Waals surface area contributed by atoms with Crippen LogP contribution in [0.5, 0.6) is 11.5 Å². The lowest BCUT2D eigenvalue weighted by molar-refractivity contribution is -0.116. The predicted octanol–water partition coefficient (Wildman–Crippen LogP) is 1.69. The van der Waals surface area contributed by atoms with Gasteiger partial charge in [0.1, 0.15) is 6.54 Å². The minimum Gasteiger partial charge on any atom is -0.493 e. The Bertz CT molecular complexity index is 863. The number of amides is 1. The van der Waals surface area contributed by atoms with E-state index in [9.17, 15) is 13.2 Å². The number of hydrogen-bond acceptors (Lipinski definition) is 5. The second-order valence-electron chi connectivity index (χ2n) is 5.33. The van der Waals surface area contributed by atoms with E-state index in [1.807, 2.05) is 6.92 Å². The van der Waals surface area contributed by atoms with Gasteiger partial charge in [0.15, 0.2) is 11.5 Å². The van der Waals surface area contributed by atoms with Crippen molar-refractivity contribution in [1.82, 2.24) is 0 Å². The van der Waals surface area contributed by atoms with Crippen molar-refractivity contribution in [2.24, 2.45) is 5.73 Å². The van der Waals surface area contributed by atoms with Gasteiger partial charge in [-0.3, -0.25) is 9.10 Å². The Balaban J connectivity index is 2.56. The molecule has 0 aromatic heterocycles. The molecule has 0 aliphatic carbocycles. The Morgan fingerprint density at radius 3 is 2.16 bits per heavy atom. The van der Waals surface area contributed by atoms with Crippen LogP contribution in [0.1, 0.15) is 5.56 Å². The van der Waals surface area contributed by atoms with E-state index in [0.717, 1.165) is 9.87 Å². The van der Waals surface area contributed by atoms with Gasteiger partial charge in [0.25, 0.3) is 10.0 Å². The number of nitrogens with zero attached hydrogens (tertiary/aromatic N) is 1. The SMILES string of the molecule is COc1ccc(N(CC(N)=O)S(=O)(=O)c2ccc(C)cc2)cc1OC. The monoisotopic (exact) mass is 364 g/mol. The molecule has 0 saturated heterocycles. The number of benzene rings is 2. The van der Waals surface area contributed by atoms with Crippen LogP contribution >= 0.6 is 0 Å². The fraction of sp³-hybridized carbons (Fsp3) is 0.235. The van der Waals surface area contributed by atoms with Crippen LogP contribution in [0.15, 0.2) is 47.4 Å². The van der Waals surface area contributed by atoms with Crippen molar-refractivity contribution in [2.75, 3.05) is 25.1 Å². The quantitative estimate of drug-likeness (QED) is 0.806. The fourth-order valence-corrected chi connectivity index (χ4v) is 3.70. The average Bonchev–Trinajstić information content (AvgIpc) is 2.59. The number of hydrogen-bond donors (Lipinski definition) is 1. The number of carbonyl (C=O) groups is 1. The van der Waals surface area contributed by atoms with Gasteiger partial charge in [-0.25, -0.2) is 8.42 Å². The Hall–Kier alpha value is -2.74. The molecule has 25 heavy (non-hydrogen) atoms. The second kappa shape index (κ2) is 7.43. The van der Waals surface area contributed by atoms with Gasteiger partial charge < -0.3 is 15.2 Å². The van der Waals surface area contributed by atoms with E-state index in [1.165, 1.54) is 38.5 Å². The molecule has 1 amide bonds. The van der Waals surface area contributed by atoms with Crippen LogP contribution in [-0.4, -0.2) is 35.1 Å². The highest BCUT2D eigenvalue weighted by Crippen LogP contribution is 2.33. The molecule has 2 aromatic rings. The van der Waals surface area contributed by atoms with E-state index in [1.54, 1.807) is 18.2 Å². The van der Waals surface area contributed by atoms with Crippen LogP contribution in [0.2, 0.25) is 0 Å². The van der Waals surface area contributed by atoms with E-state index < -0.39 is 22.5 Å². The van der Waals surface area contributed by atoms with Crippen molar-refractivity contribution in [2.45, 2.75) is 11.8 Å². The molecule has 8 heteroatoms. The van der Waals surface area contributed by atoms with Crippen LogP contribution in [0.3, 0.4) is 0 Å². The summed E-state index contributed by atoms with van der Waals surface area (Å²) in [4.78, 5) is 11.5. The summed E-state index contributed by atoms with van der Waals surface area (Å²) in [5, 5.41) is 0. The summed E-state index contributed by atoms with van der Waals surface area (Å²) in [5.41, 5.74) is 6.43. The van der Waals surface area contributed by atoms with Gasteiger partial charge in [0, 0.05) is 6.07 Å². The van der Waals surface area contributed by atoms with E-state index >= 15 is 0 Å². The summed E-state index contributed by atoms with van der Waals surface area (Å²) >= 11 is 0. The standard InChI is InChI=1S/C17H20N2O5S/c1-12-4-7-14(8-5-12)25(21,22)19(11-17(18)20)13-6-9-15(23-2)16(10-13)24-3/h4-10H,11H2,1-3H3,(H2,18,20). The zero-order valence-corrected chi connectivity index (χ0v) is 15.0. The summed E-state index contributed by atoms with van der Waals surface area (Å²) in [7, 11) is -1.06. The molecule has 0 heterocycles. The zero-order valence-electron chi connectivity index (χ0n) is 14.2. The number of aryl methyl sites for hydroxylation is 1.